The number of sulfonamides is 1. The lowest BCUT2D eigenvalue weighted by Crippen LogP contribution is -2.34. The average molecular weight is 392 g/mol. The summed E-state index contributed by atoms with van der Waals surface area (Å²) < 4.78 is 42.1. The minimum Gasteiger partial charge on any atom is -0.386 e. The maximum Gasteiger partial charge on any atom is 0.348 e. The van der Waals surface area contributed by atoms with Crippen LogP contribution in [0.5, 0.6) is 0 Å². The van der Waals surface area contributed by atoms with Crippen molar-refractivity contribution in [1.29, 1.82) is 0 Å². The Morgan fingerprint density at radius 1 is 1.15 bits per heavy atom. The summed E-state index contributed by atoms with van der Waals surface area (Å²) in [6.07, 6.45) is -0.619. The number of carbonyl (C=O) groups is 2. The average Bonchev–Trinajstić information content (AvgIpc) is 3.22. The zero-order chi connectivity index (χ0) is 19.3. The highest BCUT2D eigenvalue weighted by molar-refractivity contribution is 7.89. The van der Waals surface area contributed by atoms with Gasteiger partial charge in [0.2, 0.25) is 10.0 Å². The Morgan fingerprint density at radius 2 is 1.81 bits per heavy atom. The molecule has 0 amide bonds. The van der Waals surface area contributed by atoms with Crippen molar-refractivity contribution in [3.8, 4) is 0 Å². The fourth-order valence-electron chi connectivity index (χ4n) is 3.17. The molecule has 0 unspecified atom stereocenters. The van der Waals surface area contributed by atoms with Crippen molar-refractivity contribution in [2.75, 3.05) is 26.8 Å². The molecule has 2 aliphatic rings. The molecule has 0 N–H and O–H groups in total. The number of benzene rings is 1. The van der Waals surface area contributed by atoms with Gasteiger partial charge in [0.25, 0.3) is 0 Å². The molecule has 0 atom stereocenters. The second-order valence-electron chi connectivity index (χ2n) is 6.26. The number of esters is 2. The molecule has 27 heavy (non-hydrogen) atoms. The third-order valence-corrected chi connectivity index (χ3v) is 6.36. The number of likely N-dealkylation sites (N-methyl/N-ethyl adjacent to an activating group) is 1. The van der Waals surface area contributed by atoms with Gasteiger partial charge < -0.3 is 14.2 Å². The number of aryl methyl sites for hydroxylation is 1. The lowest BCUT2D eigenvalue weighted by Gasteiger charge is -2.20. The maximum atomic E-state index is 12.9. The largest absolute Gasteiger partial charge is 0.386 e. The lowest BCUT2D eigenvalue weighted by molar-refractivity contribution is -0.0482. The van der Waals surface area contributed by atoms with Crippen LogP contribution in [-0.4, -0.2) is 62.7 Å². The van der Waals surface area contributed by atoms with Crippen LogP contribution in [-0.2, 0) is 24.2 Å². The van der Waals surface area contributed by atoms with Crippen molar-refractivity contribution in [3.63, 3.8) is 0 Å². The van der Waals surface area contributed by atoms with E-state index in [4.69, 9.17) is 9.47 Å². The molecule has 142 valence electrons. The molecule has 0 spiro atoms. The van der Waals surface area contributed by atoms with Crippen molar-refractivity contribution < 1.29 is 32.2 Å². The Hall–Kier alpha value is -2.40. The van der Waals surface area contributed by atoms with Gasteiger partial charge in [0.05, 0.1) is 47.0 Å². The van der Waals surface area contributed by atoms with Crippen LogP contribution in [0.1, 0.15) is 26.4 Å². The predicted molar refractivity (Wildman–Crippen MR) is 91.7 cm³/mol. The molecule has 0 aliphatic carbocycles. The van der Waals surface area contributed by atoms with Gasteiger partial charge in [0.15, 0.2) is 6.29 Å². The standard InChI is InChI=1S/C17H16N2O7S/c1-9-14-15(17(21)26-16(14)20)11-7-10(3-4-12(11)18-9)27(22,23)19(2)8-13-24-5-6-25-13/h3-4,7,13H,5-6,8H2,1-2H3. The summed E-state index contributed by atoms with van der Waals surface area (Å²) >= 11 is 0. The van der Waals surface area contributed by atoms with Gasteiger partial charge in [-0.15, -0.1) is 0 Å². The molecule has 2 aromatic rings. The number of rotatable bonds is 4. The van der Waals surface area contributed by atoms with Gasteiger partial charge in [0, 0.05) is 12.4 Å². The Labute approximate surface area is 154 Å². The zero-order valence-corrected chi connectivity index (χ0v) is 15.4. The molecule has 10 heteroatoms. The molecule has 4 rings (SSSR count). The van der Waals surface area contributed by atoms with E-state index in [0.717, 1.165) is 4.31 Å². The predicted octanol–water partition coefficient (Wildman–Crippen LogP) is 0.847. The van der Waals surface area contributed by atoms with Gasteiger partial charge >= 0.3 is 11.9 Å². The maximum absolute atomic E-state index is 12.9. The highest BCUT2D eigenvalue weighted by Gasteiger charge is 2.35. The number of hydrogen-bond donors (Lipinski definition) is 0. The fourth-order valence-corrected chi connectivity index (χ4v) is 4.36. The van der Waals surface area contributed by atoms with E-state index < -0.39 is 28.3 Å². The third-order valence-electron chi connectivity index (χ3n) is 4.54. The first-order valence-corrected chi connectivity index (χ1v) is 9.63. The van der Waals surface area contributed by atoms with Crippen LogP contribution < -0.4 is 0 Å². The van der Waals surface area contributed by atoms with Gasteiger partial charge in [-0.2, -0.15) is 4.31 Å². The molecule has 2 aliphatic heterocycles. The van der Waals surface area contributed by atoms with Crippen LogP contribution in [0.25, 0.3) is 10.9 Å². The van der Waals surface area contributed by atoms with Gasteiger partial charge in [0.1, 0.15) is 0 Å². The lowest BCUT2D eigenvalue weighted by atomic mass is 10.0. The quantitative estimate of drug-likeness (QED) is 0.556. The van der Waals surface area contributed by atoms with Crippen molar-refractivity contribution >= 4 is 32.9 Å². The number of carbonyl (C=O) groups excluding carboxylic acids is 2. The third kappa shape index (κ3) is 2.90. The Bertz CT molecular complexity index is 1070. The van der Waals surface area contributed by atoms with Crippen LogP contribution >= 0.6 is 0 Å². The second kappa shape index (κ2) is 6.34. The highest BCUT2D eigenvalue weighted by Crippen LogP contribution is 2.31. The van der Waals surface area contributed by atoms with Crippen LogP contribution in [0.15, 0.2) is 23.1 Å². The molecule has 0 radical (unpaired) electrons. The summed E-state index contributed by atoms with van der Waals surface area (Å²) in [4.78, 5) is 28.2. The van der Waals surface area contributed by atoms with Gasteiger partial charge in [-0.1, -0.05) is 0 Å². The van der Waals surface area contributed by atoms with Gasteiger partial charge in [-0.05, 0) is 25.1 Å². The van der Waals surface area contributed by atoms with E-state index in [-0.39, 0.29) is 28.0 Å². The van der Waals surface area contributed by atoms with E-state index >= 15 is 0 Å². The molecule has 0 saturated carbocycles. The van der Waals surface area contributed by atoms with Crippen molar-refractivity contribution in [2.24, 2.45) is 0 Å². The highest BCUT2D eigenvalue weighted by atomic mass is 32.2. The van der Waals surface area contributed by atoms with E-state index in [1.54, 1.807) is 6.92 Å². The minimum absolute atomic E-state index is 0.0319. The van der Waals surface area contributed by atoms with Crippen molar-refractivity contribution in [1.82, 2.24) is 9.29 Å². The Kier molecular flexibility index (Phi) is 4.22. The number of aromatic nitrogens is 1. The monoisotopic (exact) mass is 392 g/mol. The van der Waals surface area contributed by atoms with Crippen LogP contribution in [0, 0.1) is 6.92 Å². The Balaban J connectivity index is 1.79. The Morgan fingerprint density at radius 3 is 2.52 bits per heavy atom. The summed E-state index contributed by atoms with van der Waals surface area (Å²) in [6, 6.07) is 4.25. The summed E-state index contributed by atoms with van der Waals surface area (Å²) in [5.74, 6) is -1.58. The second-order valence-corrected chi connectivity index (χ2v) is 8.30. The molecule has 1 saturated heterocycles. The number of hydrogen-bond acceptors (Lipinski definition) is 8. The van der Waals surface area contributed by atoms with Crippen molar-refractivity contribution in [3.05, 3.63) is 35.0 Å². The van der Waals surface area contributed by atoms with Crippen molar-refractivity contribution in [2.45, 2.75) is 18.1 Å². The molecule has 9 nitrogen and oxygen atoms in total. The molecule has 1 aromatic carbocycles. The zero-order valence-electron chi connectivity index (χ0n) is 14.6. The van der Waals surface area contributed by atoms with E-state index in [2.05, 4.69) is 9.72 Å². The van der Waals surface area contributed by atoms with Crippen LogP contribution in [0.3, 0.4) is 0 Å². The van der Waals surface area contributed by atoms with E-state index in [1.165, 1.54) is 25.2 Å². The number of pyridine rings is 1. The topological polar surface area (TPSA) is 112 Å². The summed E-state index contributed by atoms with van der Waals surface area (Å²) in [6.45, 7) is 2.47. The van der Waals surface area contributed by atoms with E-state index in [9.17, 15) is 18.0 Å². The summed E-state index contributed by atoms with van der Waals surface area (Å²) in [5, 5.41) is 0.259. The molecular weight excluding hydrogens is 376 g/mol. The molecule has 3 heterocycles. The smallest absolute Gasteiger partial charge is 0.348 e. The molecule has 0 bridgehead atoms. The number of ether oxygens (including phenoxy) is 3. The first-order chi connectivity index (χ1) is 12.8. The molecular formula is C17H16N2O7S. The normalized spacial score (nSPS) is 17.7. The summed E-state index contributed by atoms with van der Waals surface area (Å²) in [7, 11) is -2.45. The SMILES string of the molecule is Cc1nc2ccc(S(=O)(=O)N(C)CC3OCCO3)cc2c2c1C(=O)OC2=O. The summed E-state index contributed by atoms with van der Waals surface area (Å²) in [5.41, 5.74) is 0.881. The van der Waals surface area contributed by atoms with Gasteiger partial charge in [-0.25, -0.2) is 18.0 Å². The number of fused-ring (bicyclic) bond motifs is 3. The molecule has 1 aromatic heterocycles. The number of nitrogens with zero attached hydrogens (tertiary/aromatic N) is 2. The first kappa shape index (κ1) is 18.0. The fraction of sp³-hybridized carbons (Fsp3) is 0.353. The first-order valence-electron chi connectivity index (χ1n) is 8.19. The van der Waals surface area contributed by atoms with Gasteiger partial charge in [-0.3, -0.25) is 4.98 Å². The van der Waals surface area contributed by atoms with E-state index in [0.29, 0.717) is 24.4 Å². The van der Waals surface area contributed by atoms with E-state index in [1.807, 2.05) is 0 Å². The van der Waals surface area contributed by atoms with Crippen LogP contribution in [0.2, 0.25) is 0 Å². The molecule has 1 fully saturated rings. The van der Waals surface area contributed by atoms with Crippen LogP contribution in [0.4, 0.5) is 0 Å². The minimum atomic E-state index is -3.87. The number of cyclic esters (lactones) is 2.